The van der Waals surface area contributed by atoms with Crippen molar-refractivity contribution in [2.75, 3.05) is 4.90 Å². The van der Waals surface area contributed by atoms with Gasteiger partial charge in [0.25, 0.3) is 0 Å². The lowest BCUT2D eigenvalue weighted by atomic mass is 10.0. The Morgan fingerprint density at radius 2 is 1.67 bits per heavy atom. The number of nitrogens with zero attached hydrogens (tertiary/aromatic N) is 3. The van der Waals surface area contributed by atoms with E-state index in [4.69, 9.17) is 12.2 Å². The minimum absolute atomic E-state index is 0.177. The second-order valence-electron chi connectivity index (χ2n) is 7.67. The van der Waals surface area contributed by atoms with Crippen LogP contribution in [-0.4, -0.2) is 30.8 Å². The van der Waals surface area contributed by atoms with Crippen molar-refractivity contribution < 1.29 is 15.0 Å². The summed E-state index contributed by atoms with van der Waals surface area (Å²) in [5, 5.41) is 23.0. The summed E-state index contributed by atoms with van der Waals surface area (Å²) < 4.78 is 2.02. The maximum atomic E-state index is 11.3. The van der Waals surface area contributed by atoms with Gasteiger partial charge < -0.3 is 25.0 Å². The van der Waals surface area contributed by atoms with Crippen LogP contribution >= 0.6 is 12.2 Å². The molecule has 3 heterocycles. The number of carboxylic acids is 1. The first-order chi connectivity index (χ1) is 16.0. The van der Waals surface area contributed by atoms with Crippen molar-refractivity contribution in [1.82, 2.24) is 14.9 Å². The predicted octanol–water partition coefficient (Wildman–Crippen LogP) is 4.45. The number of benzene rings is 2. The molecule has 0 saturated carbocycles. The molecule has 2 aromatic heterocycles. The number of aromatic carboxylic acids is 1. The Morgan fingerprint density at radius 1 is 0.939 bits per heavy atom. The van der Waals surface area contributed by atoms with E-state index in [0.717, 1.165) is 22.8 Å². The van der Waals surface area contributed by atoms with Gasteiger partial charge in [-0.2, -0.15) is 0 Å². The van der Waals surface area contributed by atoms with E-state index in [0.29, 0.717) is 5.11 Å². The van der Waals surface area contributed by atoms with E-state index < -0.39 is 5.97 Å². The molecular weight excluding hydrogens is 436 g/mol. The van der Waals surface area contributed by atoms with Gasteiger partial charge in [0.1, 0.15) is 11.8 Å². The molecular formula is C25H20N4O3S. The van der Waals surface area contributed by atoms with Crippen LogP contribution in [0.25, 0.3) is 5.69 Å². The second-order valence-corrected chi connectivity index (χ2v) is 8.05. The minimum Gasteiger partial charge on any atom is -0.508 e. The number of pyridine rings is 1. The molecule has 0 radical (unpaired) electrons. The van der Waals surface area contributed by atoms with Gasteiger partial charge in [0.2, 0.25) is 0 Å². The van der Waals surface area contributed by atoms with Gasteiger partial charge in [-0.25, -0.2) is 4.79 Å². The molecule has 0 unspecified atom stereocenters. The fourth-order valence-electron chi connectivity index (χ4n) is 4.18. The number of rotatable bonds is 5. The van der Waals surface area contributed by atoms with Crippen LogP contribution in [0.15, 0.2) is 91.3 Å². The number of anilines is 1. The molecule has 0 aliphatic carbocycles. The molecule has 164 valence electrons. The molecule has 1 aliphatic rings. The summed E-state index contributed by atoms with van der Waals surface area (Å²) in [6.07, 6.45) is 3.70. The first kappa shape index (κ1) is 20.7. The lowest BCUT2D eigenvalue weighted by Crippen LogP contribution is -2.30. The maximum Gasteiger partial charge on any atom is 0.335 e. The lowest BCUT2D eigenvalue weighted by molar-refractivity contribution is 0.0697. The molecule has 5 rings (SSSR count). The van der Waals surface area contributed by atoms with Crippen molar-refractivity contribution >= 4 is 29.0 Å². The number of carbonyl (C=O) groups is 1. The SMILES string of the molecule is O=C(O)c1ccc(-n2cccc2[C@@H]2[C@H](c3ccccn3)NC(=S)N2c2ccc(O)cc2)cc1. The third-order valence-corrected chi connectivity index (χ3v) is 6.02. The first-order valence-corrected chi connectivity index (χ1v) is 10.7. The van der Waals surface area contributed by atoms with Crippen LogP contribution in [0.3, 0.4) is 0 Å². The van der Waals surface area contributed by atoms with Gasteiger partial charge in [0.05, 0.1) is 17.3 Å². The van der Waals surface area contributed by atoms with Crippen LogP contribution < -0.4 is 10.2 Å². The van der Waals surface area contributed by atoms with Gasteiger partial charge in [-0.3, -0.25) is 4.98 Å². The fraction of sp³-hybridized carbons (Fsp3) is 0.0800. The van der Waals surface area contributed by atoms with Crippen LogP contribution in [0.4, 0.5) is 5.69 Å². The average molecular weight is 457 g/mol. The second kappa shape index (κ2) is 8.40. The third kappa shape index (κ3) is 3.81. The van der Waals surface area contributed by atoms with E-state index in [1.165, 1.54) is 0 Å². The Morgan fingerprint density at radius 3 is 2.33 bits per heavy atom. The Bertz CT molecular complexity index is 1300. The monoisotopic (exact) mass is 456 g/mol. The van der Waals surface area contributed by atoms with E-state index in [2.05, 4.69) is 10.3 Å². The molecule has 0 bridgehead atoms. The Hall–Kier alpha value is -4.17. The molecule has 7 nitrogen and oxygen atoms in total. The number of nitrogens with one attached hydrogen (secondary N) is 1. The van der Waals surface area contributed by atoms with Gasteiger partial charge in [-0.05, 0) is 85.0 Å². The van der Waals surface area contributed by atoms with Gasteiger partial charge in [0.15, 0.2) is 5.11 Å². The van der Waals surface area contributed by atoms with Crippen LogP contribution in [-0.2, 0) is 0 Å². The Kier molecular flexibility index (Phi) is 5.27. The molecule has 33 heavy (non-hydrogen) atoms. The van der Waals surface area contributed by atoms with Crippen molar-refractivity contribution in [3.63, 3.8) is 0 Å². The number of hydrogen-bond acceptors (Lipinski definition) is 4. The number of thiocarbonyl (C=S) groups is 1. The summed E-state index contributed by atoms with van der Waals surface area (Å²) in [6, 6.07) is 22.9. The standard InChI is InChI=1S/C25H20N4O3S/c30-19-12-10-18(11-13-19)29-23(22(27-25(29)33)20-4-1-2-14-26-20)21-5-3-15-28(21)17-8-6-16(7-9-17)24(31)32/h1-15,22-23,30H,(H,27,33)(H,31,32)/t22-,23+/m0/s1. The van der Waals surface area contributed by atoms with Crippen LogP contribution in [0.1, 0.15) is 33.8 Å². The molecule has 1 aliphatic heterocycles. The molecule has 4 aromatic rings. The summed E-state index contributed by atoms with van der Waals surface area (Å²) in [5.74, 6) is -0.787. The smallest absolute Gasteiger partial charge is 0.335 e. The zero-order chi connectivity index (χ0) is 22.9. The largest absolute Gasteiger partial charge is 0.508 e. The van der Waals surface area contributed by atoms with E-state index in [9.17, 15) is 15.0 Å². The summed E-state index contributed by atoms with van der Waals surface area (Å²) in [5.41, 5.74) is 3.70. The number of aromatic hydroxyl groups is 1. The maximum absolute atomic E-state index is 11.3. The lowest BCUT2D eigenvalue weighted by Gasteiger charge is -2.29. The summed E-state index contributed by atoms with van der Waals surface area (Å²) in [7, 11) is 0. The highest BCUT2D eigenvalue weighted by Crippen LogP contribution is 2.42. The van der Waals surface area contributed by atoms with Gasteiger partial charge in [0, 0.05) is 29.5 Å². The topological polar surface area (TPSA) is 90.6 Å². The van der Waals surface area contributed by atoms with Gasteiger partial charge in [-0.15, -0.1) is 0 Å². The number of hydrogen-bond donors (Lipinski definition) is 3. The highest BCUT2D eigenvalue weighted by molar-refractivity contribution is 7.80. The predicted molar refractivity (Wildman–Crippen MR) is 129 cm³/mol. The van der Waals surface area contributed by atoms with E-state index in [1.807, 2.05) is 58.1 Å². The Labute approximate surface area is 195 Å². The van der Waals surface area contributed by atoms with Crippen molar-refractivity contribution in [2.45, 2.75) is 12.1 Å². The zero-order valence-electron chi connectivity index (χ0n) is 17.4. The summed E-state index contributed by atoms with van der Waals surface area (Å²) in [4.78, 5) is 17.9. The van der Waals surface area contributed by atoms with Gasteiger partial charge in [-0.1, -0.05) is 6.07 Å². The third-order valence-electron chi connectivity index (χ3n) is 5.70. The summed E-state index contributed by atoms with van der Waals surface area (Å²) >= 11 is 5.74. The van der Waals surface area contributed by atoms with Crippen molar-refractivity contribution in [3.8, 4) is 11.4 Å². The van der Waals surface area contributed by atoms with Crippen LogP contribution in [0.5, 0.6) is 5.75 Å². The molecule has 2 atom stereocenters. The minimum atomic E-state index is -0.964. The number of phenolic OH excluding ortho intramolecular Hbond substituents is 1. The van der Waals surface area contributed by atoms with Crippen LogP contribution in [0, 0.1) is 0 Å². The van der Waals surface area contributed by atoms with Crippen molar-refractivity contribution in [2.24, 2.45) is 0 Å². The van der Waals surface area contributed by atoms with Crippen LogP contribution in [0.2, 0.25) is 0 Å². The molecule has 3 N–H and O–H groups in total. The molecule has 0 spiro atoms. The molecule has 1 fully saturated rings. The molecule has 0 amide bonds. The van der Waals surface area contributed by atoms with Crippen molar-refractivity contribution in [1.29, 1.82) is 0 Å². The quantitative estimate of drug-likeness (QED) is 0.382. The molecule has 2 aromatic carbocycles. The van der Waals surface area contributed by atoms with Crippen molar-refractivity contribution in [3.05, 3.63) is 108 Å². The number of carboxylic acid groups (broad SMARTS) is 1. The van der Waals surface area contributed by atoms with E-state index >= 15 is 0 Å². The molecule has 8 heteroatoms. The number of phenols is 1. The highest BCUT2D eigenvalue weighted by atomic mass is 32.1. The molecule has 1 saturated heterocycles. The average Bonchev–Trinajstić information content (AvgIpc) is 3.44. The first-order valence-electron chi connectivity index (χ1n) is 10.3. The zero-order valence-corrected chi connectivity index (χ0v) is 18.2. The fourth-order valence-corrected chi connectivity index (χ4v) is 4.53. The van der Waals surface area contributed by atoms with E-state index in [1.54, 1.807) is 42.6 Å². The normalized spacial score (nSPS) is 17.7. The highest BCUT2D eigenvalue weighted by Gasteiger charge is 2.42. The van der Waals surface area contributed by atoms with Gasteiger partial charge >= 0.3 is 5.97 Å². The Balaban J connectivity index is 1.63. The number of aromatic nitrogens is 2. The summed E-state index contributed by atoms with van der Waals surface area (Å²) in [6.45, 7) is 0. The van der Waals surface area contributed by atoms with E-state index in [-0.39, 0.29) is 23.4 Å².